The molecule has 3 aromatic carbocycles. The highest BCUT2D eigenvalue weighted by Crippen LogP contribution is 2.62. The quantitative estimate of drug-likeness (QED) is 0.421. The maximum absolute atomic E-state index is 7.18. The van der Waals surface area contributed by atoms with Crippen LogP contribution in [-0.4, -0.2) is 14.9 Å². The molecular weight excluding hydrogens is 392 g/mol. The average molecular weight is 427 g/mol. The first-order chi connectivity index (χ1) is 15.0. The first-order valence-corrected chi connectivity index (χ1v) is 13.7. The zero-order valence-corrected chi connectivity index (χ0v) is 20.0. The third-order valence-electron chi connectivity index (χ3n) is 7.53. The van der Waals surface area contributed by atoms with Gasteiger partial charge in [0.2, 0.25) is 0 Å². The highest BCUT2D eigenvalue weighted by atomic mass is 28.4. The number of rotatable bonds is 7. The molecule has 5 rings (SSSR count). The summed E-state index contributed by atoms with van der Waals surface area (Å²) in [6, 6.07) is 33.2. The molecule has 0 aliphatic heterocycles. The number of benzene rings is 3. The Hall–Kier alpha value is -2.16. The van der Waals surface area contributed by atoms with E-state index in [0.717, 1.165) is 30.3 Å². The molecule has 2 saturated carbocycles. The summed E-state index contributed by atoms with van der Waals surface area (Å²) < 4.78 is 7.18. The Bertz CT molecular complexity index is 954. The van der Waals surface area contributed by atoms with Crippen LogP contribution in [0.5, 0.6) is 0 Å². The third kappa shape index (κ3) is 3.92. The van der Waals surface area contributed by atoms with E-state index >= 15 is 0 Å². The molecule has 2 aliphatic rings. The molecule has 0 radical (unpaired) electrons. The van der Waals surface area contributed by atoms with Crippen LogP contribution in [0.15, 0.2) is 91.0 Å². The van der Waals surface area contributed by atoms with Crippen LogP contribution >= 0.6 is 0 Å². The fourth-order valence-corrected chi connectivity index (χ4v) is 10.4. The van der Waals surface area contributed by atoms with Gasteiger partial charge in [-0.2, -0.15) is 0 Å². The Balaban J connectivity index is 1.36. The van der Waals surface area contributed by atoms with Crippen LogP contribution in [0.1, 0.15) is 45.1 Å². The van der Waals surface area contributed by atoms with Gasteiger partial charge in [-0.1, -0.05) is 112 Å². The highest BCUT2D eigenvalue weighted by molar-refractivity contribution is 6.99. The Labute approximate surface area is 188 Å². The minimum Gasteiger partial charge on any atom is -0.407 e. The van der Waals surface area contributed by atoms with Crippen molar-refractivity contribution in [1.82, 2.24) is 0 Å². The van der Waals surface area contributed by atoms with Crippen molar-refractivity contribution >= 4 is 18.7 Å². The van der Waals surface area contributed by atoms with E-state index in [9.17, 15) is 0 Å². The minimum atomic E-state index is -2.40. The zero-order chi connectivity index (χ0) is 21.5. The summed E-state index contributed by atoms with van der Waals surface area (Å²) in [5.74, 6) is 3.23. The molecule has 2 heteroatoms. The van der Waals surface area contributed by atoms with E-state index in [-0.39, 0.29) is 5.04 Å². The molecule has 2 aliphatic carbocycles. The van der Waals surface area contributed by atoms with Crippen LogP contribution in [0.3, 0.4) is 0 Å². The first-order valence-electron chi connectivity index (χ1n) is 11.8. The summed E-state index contributed by atoms with van der Waals surface area (Å²) in [4.78, 5) is 0. The van der Waals surface area contributed by atoms with Crippen LogP contribution < -0.4 is 10.4 Å². The summed E-state index contributed by atoms with van der Waals surface area (Å²) in [6.07, 6.45) is 2.70. The van der Waals surface area contributed by atoms with Gasteiger partial charge in [0, 0.05) is 6.61 Å². The van der Waals surface area contributed by atoms with Crippen LogP contribution in [-0.2, 0) is 4.43 Å². The highest BCUT2D eigenvalue weighted by Gasteiger charge is 2.56. The van der Waals surface area contributed by atoms with Crippen molar-refractivity contribution in [3.05, 3.63) is 96.6 Å². The summed E-state index contributed by atoms with van der Waals surface area (Å²) in [6.45, 7) is 8.01. The molecule has 3 aromatic rings. The largest absolute Gasteiger partial charge is 0.407 e. The fraction of sp³-hybridized carbons (Fsp3) is 0.379. The number of hydrogen-bond acceptors (Lipinski definition) is 1. The van der Waals surface area contributed by atoms with E-state index < -0.39 is 8.32 Å². The van der Waals surface area contributed by atoms with Crippen LogP contribution in [0, 0.1) is 17.8 Å². The molecule has 2 fully saturated rings. The van der Waals surface area contributed by atoms with Crippen molar-refractivity contribution < 1.29 is 4.43 Å². The van der Waals surface area contributed by atoms with Gasteiger partial charge in [0.15, 0.2) is 0 Å². The molecule has 0 saturated heterocycles. The normalized spacial score (nSPS) is 25.3. The third-order valence-corrected chi connectivity index (χ3v) is 12.5. The van der Waals surface area contributed by atoms with Crippen molar-refractivity contribution in [3.63, 3.8) is 0 Å². The Morgan fingerprint density at radius 2 is 1.23 bits per heavy atom. The second-order valence-corrected chi connectivity index (χ2v) is 14.9. The molecule has 1 nitrogen and oxygen atoms in total. The van der Waals surface area contributed by atoms with Gasteiger partial charge in [0.25, 0.3) is 8.32 Å². The van der Waals surface area contributed by atoms with Gasteiger partial charge in [0.05, 0.1) is 0 Å². The van der Waals surface area contributed by atoms with E-state index in [0.29, 0.717) is 0 Å². The van der Waals surface area contributed by atoms with Crippen molar-refractivity contribution in [3.8, 4) is 0 Å². The lowest BCUT2D eigenvalue weighted by molar-refractivity contribution is 0.271. The lowest BCUT2D eigenvalue weighted by atomic mass is 10.1. The molecule has 0 aromatic heterocycles. The van der Waals surface area contributed by atoms with Crippen LogP contribution in [0.2, 0.25) is 5.04 Å². The van der Waals surface area contributed by atoms with Gasteiger partial charge in [-0.3, -0.25) is 0 Å². The Morgan fingerprint density at radius 3 is 1.74 bits per heavy atom. The van der Waals surface area contributed by atoms with Crippen molar-refractivity contribution in [1.29, 1.82) is 0 Å². The molecule has 0 amide bonds. The first kappa shape index (κ1) is 20.7. The summed E-state index contributed by atoms with van der Waals surface area (Å²) >= 11 is 0. The van der Waals surface area contributed by atoms with E-state index in [2.05, 4.69) is 112 Å². The maximum Gasteiger partial charge on any atom is 0.261 e. The molecular formula is C29H34OSi. The molecule has 0 heterocycles. The average Bonchev–Trinajstić information content (AvgIpc) is 3.70. The van der Waals surface area contributed by atoms with E-state index in [1.54, 1.807) is 0 Å². The zero-order valence-electron chi connectivity index (χ0n) is 19.0. The van der Waals surface area contributed by atoms with Gasteiger partial charge < -0.3 is 4.43 Å². The predicted octanol–water partition coefficient (Wildman–Crippen LogP) is 6.00. The lowest BCUT2D eigenvalue weighted by Crippen LogP contribution is -2.66. The fourth-order valence-electron chi connectivity index (χ4n) is 5.75. The standard InChI is InChI=1S/C29H34OSi/c1-29(2,3)31(24-15-9-5-10-16-24,25-17-11-6-12-18-25)30-21-23-19-26(23)28-20-27(28)22-13-7-4-8-14-22/h4-18,23,26-28H,19-21H2,1-3H3/t23-,26-,27+,28-/m0/s1. The minimum absolute atomic E-state index is 0.0618. The second kappa shape index (κ2) is 8.07. The molecule has 31 heavy (non-hydrogen) atoms. The summed E-state index contributed by atoms with van der Waals surface area (Å²) in [5.41, 5.74) is 1.53. The van der Waals surface area contributed by atoms with Gasteiger partial charge >= 0.3 is 0 Å². The van der Waals surface area contributed by atoms with Crippen molar-refractivity contribution in [2.45, 2.75) is 44.6 Å². The van der Waals surface area contributed by atoms with Crippen LogP contribution in [0.4, 0.5) is 0 Å². The molecule has 0 spiro atoms. The van der Waals surface area contributed by atoms with Gasteiger partial charge in [0.1, 0.15) is 0 Å². The Morgan fingerprint density at radius 1 is 0.710 bits per heavy atom. The summed E-state index contributed by atoms with van der Waals surface area (Å²) in [7, 11) is -2.40. The van der Waals surface area contributed by atoms with E-state index in [1.165, 1.54) is 28.8 Å². The maximum atomic E-state index is 7.18. The van der Waals surface area contributed by atoms with Crippen molar-refractivity contribution in [2.75, 3.05) is 6.61 Å². The predicted molar refractivity (Wildman–Crippen MR) is 132 cm³/mol. The Kier molecular flexibility index (Phi) is 5.40. The molecule has 0 N–H and O–H groups in total. The van der Waals surface area contributed by atoms with Crippen LogP contribution in [0.25, 0.3) is 0 Å². The van der Waals surface area contributed by atoms with E-state index in [4.69, 9.17) is 4.43 Å². The second-order valence-electron chi connectivity index (χ2n) is 10.6. The van der Waals surface area contributed by atoms with Gasteiger partial charge in [-0.05, 0) is 57.5 Å². The molecule has 0 bridgehead atoms. The molecule has 160 valence electrons. The smallest absolute Gasteiger partial charge is 0.261 e. The molecule has 4 atom stereocenters. The SMILES string of the molecule is CC(C)(C)[Si](OC[C@@H]1C[C@@H]1[C@@H]1C[C@@H]1c1ccccc1)(c1ccccc1)c1ccccc1. The van der Waals surface area contributed by atoms with E-state index in [1.807, 2.05) is 0 Å². The molecule has 0 unspecified atom stereocenters. The van der Waals surface area contributed by atoms with Gasteiger partial charge in [-0.15, -0.1) is 0 Å². The lowest BCUT2D eigenvalue weighted by Gasteiger charge is -2.43. The van der Waals surface area contributed by atoms with Gasteiger partial charge in [-0.25, -0.2) is 0 Å². The summed E-state index contributed by atoms with van der Waals surface area (Å²) in [5, 5.41) is 2.84. The number of hydrogen-bond donors (Lipinski definition) is 0. The van der Waals surface area contributed by atoms with Crippen molar-refractivity contribution in [2.24, 2.45) is 17.8 Å². The monoisotopic (exact) mass is 426 g/mol. The topological polar surface area (TPSA) is 9.23 Å².